The number of nitrogens with two attached hydrogens (primary N) is 1. The zero-order valence-electron chi connectivity index (χ0n) is 6.91. The summed E-state index contributed by atoms with van der Waals surface area (Å²) in [5.41, 5.74) is 6.66. The fourth-order valence-electron chi connectivity index (χ4n) is 0.766. The monoisotopic (exact) mass is 151 g/mol. The molecule has 0 fully saturated rings. The van der Waals surface area contributed by atoms with Gasteiger partial charge >= 0.3 is 0 Å². The summed E-state index contributed by atoms with van der Waals surface area (Å²) in [6.45, 7) is 4.76. The van der Waals surface area contributed by atoms with Crippen LogP contribution in [0, 0.1) is 0 Å². The Hall–Kier alpha value is -0.960. The molecular weight excluding hydrogens is 138 g/mol. The van der Waals surface area contributed by atoms with Crippen LogP contribution in [0.25, 0.3) is 0 Å². The average Bonchev–Trinajstić information content (AvgIpc) is 2.06. The first kappa shape index (κ1) is 8.14. The van der Waals surface area contributed by atoms with E-state index < -0.39 is 0 Å². The highest BCUT2D eigenvalue weighted by Gasteiger charge is 2.18. The lowest BCUT2D eigenvalue weighted by atomic mass is 9.87. The number of aromatic nitrogens is 2. The molecule has 0 radical (unpaired) electrons. The van der Waals surface area contributed by atoms with Crippen LogP contribution >= 0.6 is 0 Å². The molecule has 11 heavy (non-hydrogen) atoms. The van der Waals surface area contributed by atoms with E-state index in [2.05, 4.69) is 23.8 Å². The number of nitrogens with zero attached hydrogens (tertiary/aromatic N) is 2. The fourth-order valence-corrected chi connectivity index (χ4v) is 0.766. The second-order valence-corrected chi connectivity index (χ2v) is 3.22. The summed E-state index contributed by atoms with van der Waals surface area (Å²) in [7, 11) is 0. The van der Waals surface area contributed by atoms with Crippen LogP contribution in [0.1, 0.15) is 19.4 Å². The molecule has 0 saturated heterocycles. The Balaban J connectivity index is 2.93. The van der Waals surface area contributed by atoms with E-state index >= 15 is 0 Å². The third kappa shape index (κ3) is 1.74. The third-order valence-electron chi connectivity index (χ3n) is 1.85. The van der Waals surface area contributed by atoms with Gasteiger partial charge in [0.05, 0.1) is 0 Å². The van der Waals surface area contributed by atoms with Crippen molar-refractivity contribution in [3.63, 3.8) is 0 Å². The van der Waals surface area contributed by atoms with E-state index in [0.717, 1.165) is 5.56 Å². The molecular formula is C8H13N3. The van der Waals surface area contributed by atoms with E-state index in [4.69, 9.17) is 5.73 Å². The van der Waals surface area contributed by atoms with Gasteiger partial charge in [-0.25, -0.2) is 9.97 Å². The first-order valence-electron chi connectivity index (χ1n) is 3.62. The maximum Gasteiger partial charge on any atom is 0.115 e. The number of rotatable bonds is 2. The summed E-state index contributed by atoms with van der Waals surface area (Å²) in [6.07, 6.45) is 5.13. The molecule has 3 nitrogen and oxygen atoms in total. The third-order valence-corrected chi connectivity index (χ3v) is 1.85. The van der Waals surface area contributed by atoms with Crippen molar-refractivity contribution in [3.8, 4) is 0 Å². The molecule has 0 aliphatic heterocycles. The van der Waals surface area contributed by atoms with Crippen LogP contribution in [0.5, 0.6) is 0 Å². The molecule has 0 aliphatic rings. The van der Waals surface area contributed by atoms with Gasteiger partial charge in [0, 0.05) is 24.4 Å². The minimum atomic E-state index is -0.0126. The van der Waals surface area contributed by atoms with Gasteiger partial charge < -0.3 is 5.73 Å². The van der Waals surface area contributed by atoms with Gasteiger partial charge in [0.2, 0.25) is 0 Å². The molecule has 0 aliphatic carbocycles. The topological polar surface area (TPSA) is 51.8 Å². The molecule has 0 amide bonds. The van der Waals surface area contributed by atoms with Gasteiger partial charge in [-0.3, -0.25) is 0 Å². The summed E-state index contributed by atoms with van der Waals surface area (Å²) in [4.78, 5) is 7.86. The van der Waals surface area contributed by atoms with E-state index in [0.29, 0.717) is 6.54 Å². The Morgan fingerprint density at radius 2 is 1.91 bits per heavy atom. The van der Waals surface area contributed by atoms with Crippen LogP contribution in [0.15, 0.2) is 18.7 Å². The molecule has 1 aromatic heterocycles. The van der Waals surface area contributed by atoms with Gasteiger partial charge in [0.1, 0.15) is 6.33 Å². The van der Waals surface area contributed by atoms with Crippen molar-refractivity contribution >= 4 is 0 Å². The normalized spacial score (nSPS) is 11.5. The lowest BCUT2D eigenvalue weighted by Crippen LogP contribution is -2.28. The van der Waals surface area contributed by atoms with E-state index in [1.165, 1.54) is 6.33 Å². The van der Waals surface area contributed by atoms with Crippen molar-refractivity contribution in [1.29, 1.82) is 0 Å². The molecule has 0 atom stereocenters. The number of hydrogen-bond donors (Lipinski definition) is 1. The first-order valence-corrected chi connectivity index (χ1v) is 3.62. The lowest BCUT2D eigenvalue weighted by Gasteiger charge is -2.21. The Labute approximate surface area is 66.7 Å². The Bertz CT molecular complexity index is 218. The molecule has 0 unspecified atom stereocenters. The summed E-state index contributed by atoms with van der Waals surface area (Å²) >= 11 is 0. The molecule has 0 aromatic carbocycles. The summed E-state index contributed by atoms with van der Waals surface area (Å²) < 4.78 is 0. The zero-order valence-corrected chi connectivity index (χ0v) is 6.91. The second kappa shape index (κ2) is 2.96. The molecule has 1 heterocycles. The molecule has 1 aromatic rings. The van der Waals surface area contributed by atoms with Gasteiger partial charge in [0.25, 0.3) is 0 Å². The van der Waals surface area contributed by atoms with E-state index in [1.807, 2.05) is 0 Å². The van der Waals surface area contributed by atoms with Crippen LogP contribution in [-0.2, 0) is 5.41 Å². The fraction of sp³-hybridized carbons (Fsp3) is 0.500. The maximum atomic E-state index is 5.58. The summed E-state index contributed by atoms with van der Waals surface area (Å²) in [5.74, 6) is 0. The van der Waals surface area contributed by atoms with Crippen molar-refractivity contribution in [2.24, 2.45) is 5.73 Å². The zero-order chi connectivity index (χ0) is 8.32. The number of hydrogen-bond acceptors (Lipinski definition) is 3. The van der Waals surface area contributed by atoms with E-state index in [1.54, 1.807) is 12.4 Å². The second-order valence-electron chi connectivity index (χ2n) is 3.22. The Morgan fingerprint density at radius 3 is 2.36 bits per heavy atom. The Morgan fingerprint density at radius 1 is 1.36 bits per heavy atom. The van der Waals surface area contributed by atoms with Crippen molar-refractivity contribution in [2.75, 3.05) is 6.54 Å². The molecule has 60 valence electrons. The van der Waals surface area contributed by atoms with Crippen LogP contribution < -0.4 is 5.73 Å². The summed E-state index contributed by atoms with van der Waals surface area (Å²) in [6, 6.07) is 0. The maximum absolute atomic E-state index is 5.58. The van der Waals surface area contributed by atoms with E-state index in [-0.39, 0.29) is 5.41 Å². The Kier molecular flexibility index (Phi) is 2.19. The van der Waals surface area contributed by atoms with Gasteiger partial charge in [0.15, 0.2) is 0 Å². The quantitative estimate of drug-likeness (QED) is 0.677. The summed E-state index contributed by atoms with van der Waals surface area (Å²) in [5, 5.41) is 0. The van der Waals surface area contributed by atoms with Gasteiger partial charge in [-0.1, -0.05) is 13.8 Å². The standard InChI is InChI=1S/C8H13N3/c1-8(2,5-9)7-3-10-6-11-4-7/h3-4,6H,5,9H2,1-2H3. The minimum Gasteiger partial charge on any atom is -0.330 e. The van der Waals surface area contributed by atoms with Gasteiger partial charge in [-0.15, -0.1) is 0 Å². The largest absolute Gasteiger partial charge is 0.330 e. The average molecular weight is 151 g/mol. The predicted octanol–water partition coefficient (Wildman–Crippen LogP) is 0.713. The molecule has 0 spiro atoms. The molecule has 0 saturated carbocycles. The first-order chi connectivity index (χ1) is 5.17. The molecule has 2 N–H and O–H groups in total. The molecule has 1 rings (SSSR count). The van der Waals surface area contributed by atoms with Gasteiger partial charge in [-0.2, -0.15) is 0 Å². The lowest BCUT2D eigenvalue weighted by molar-refractivity contribution is 0.534. The smallest absolute Gasteiger partial charge is 0.115 e. The van der Waals surface area contributed by atoms with Crippen LogP contribution in [0.2, 0.25) is 0 Å². The van der Waals surface area contributed by atoms with E-state index in [9.17, 15) is 0 Å². The van der Waals surface area contributed by atoms with Crippen molar-refractivity contribution in [3.05, 3.63) is 24.3 Å². The van der Waals surface area contributed by atoms with Crippen LogP contribution in [0.4, 0.5) is 0 Å². The SMILES string of the molecule is CC(C)(CN)c1cncnc1. The highest BCUT2D eigenvalue weighted by atomic mass is 14.8. The van der Waals surface area contributed by atoms with Crippen molar-refractivity contribution < 1.29 is 0 Å². The highest BCUT2D eigenvalue weighted by Crippen LogP contribution is 2.18. The molecule has 0 bridgehead atoms. The highest BCUT2D eigenvalue weighted by molar-refractivity contribution is 5.15. The van der Waals surface area contributed by atoms with Crippen molar-refractivity contribution in [2.45, 2.75) is 19.3 Å². The molecule has 3 heteroatoms. The van der Waals surface area contributed by atoms with Crippen LogP contribution in [0.3, 0.4) is 0 Å². The van der Waals surface area contributed by atoms with Crippen LogP contribution in [-0.4, -0.2) is 16.5 Å². The van der Waals surface area contributed by atoms with Crippen molar-refractivity contribution in [1.82, 2.24) is 9.97 Å². The predicted molar refractivity (Wildman–Crippen MR) is 44.1 cm³/mol. The minimum absolute atomic E-state index is 0.0126. The van der Waals surface area contributed by atoms with Gasteiger partial charge in [-0.05, 0) is 5.56 Å².